The van der Waals surface area contributed by atoms with Gasteiger partial charge in [-0.25, -0.2) is 0 Å². The molecule has 0 aliphatic rings. The van der Waals surface area contributed by atoms with Crippen LogP contribution in [0, 0.1) is 0 Å². The summed E-state index contributed by atoms with van der Waals surface area (Å²) in [6.07, 6.45) is 0. The molecule has 0 unspecified atom stereocenters. The number of aromatic nitrogens is 1. The van der Waals surface area contributed by atoms with Gasteiger partial charge in [-0.15, -0.1) is 0 Å². The molecule has 0 bridgehead atoms. The third-order valence-corrected chi connectivity index (χ3v) is 13.4. The van der Waals surface area contributed by atoms with Crippen LogP contribution in [0.5, 0.6) is 0 Å². The number of hydrogen-bond donors (Lipinski definition) is 0. The van der Waals surface area contributed by atoms with Crippen LogP contribution >= 0.6 is 0 Å². The number of nitrogens with zero attached hydrogens (tertiary/aromatic N) is 2. The van der Waals surface area contributed by atoms with Crippen molar-refractivity contribution in [1.82, 2.24) is 4.57 Å². The summed E-state index contributed by atoms with van der Waals surface area (Å²) in [4.78, 5) is 2.35. The molecule has 13 aromatic rings. The lowest BCUT2D eigenvalue weighted by atomic mass is 9.98. The second-order valence-electron chi connectivity index (χ2n) is 17.3. The van der Waals surface area contributed by atoms with Gasteiger partial charge in [-0.3, -0.25) is 0 Å². The second-order valence-corrected chi connectivity index (χ2v) is 17.3. The van der Waals surface area contributed by atoms with Crippen molar-refractivity contribution >= 4 is 71.6 Å². The largest absolute Gasteiger partial charge is 0.455 e. The van der Waals surface area contributed by atoms with Gasteiger partial charge in [0.05, 0.1) is 11.0 Å². The Labute approximate surface area is 388 Å². The van der Waals surface area contributed by atoms with E-state index in [1.807, 2.05) is 12.1 Å². The Hall–Kier alpha value is -8.92. The SMILES string of the molecule is c1ccc(-c2cccc(-c3ccc(N(c4ccc(-c5ccc6c7ccc8ccccc8c7n(-c7ccccc7)c6c5)cc4)c4ccc(-c5cccc6c5oc5ccccc56)cc4)cc3)c2)cc1. The van der Waals surface area contributed by atoms with Gasteiger partial charge in [-0.05, 0) is 111 Å². The van der Waals surface area contributed by atoms with Gasteiger partial charge >= 0.3 is 0 Å². The van der Waals surface area contributed by atoms with Crippen molar-refractivity contribution in [2.24, 2.45) is 0 Å². The van der Waals surface area contributed by atoms with Gasteiger partial charge in [-0.2, -0.15) is 0 Å². The highest BCUT2D eigenvalue weighted by atomic mass is 16.3. The number of hydrogen-bond acceptors (Lipinski definition) is 2. The van der Waals surface area contributed by atoms with Crippen molar-refractivity contribution in [3.63, 3.8) is 0 Å². The Kier molecular flexibility index (Phi) is 9.17. The molecule has 0 aliphatic heterocycles. The normalized spacial score (nSPS) is 11.6. The highest BCUT2D eigenvalue weighted by Gasteiger charge is 2.19. The van der Waals surface area contributed by atoms with Crippen molar-refractivity contribution in [3.05, 3.63) is 255 Å². The summed E-state index contributed by atoms with van der Waals surface area (Å²) in [6, 6.07) is 91.8. The molecule has 67 heavy (non-hydrogen) atoms. The molecule has 0 aliphatic carbocycles. The number of anilines is 3. The number of fused-ring (bicyclic) bond motifs is 8. The number of benzene rings is 11. The summed E-state index contributed by atoms with van der Waals surface area (Å²) < 4.78 is 8.89. The lowest BCUT2D eigenvalue weighted by molar-refractivity contribution is 0.670. The molecule has 11 aromatic carbocycles. The first-order chi connectivity index (χ1) is 33.2. The van der Waals surface area contributed by atoms with E-state index in [9.17, 15) is 0 Å². The van der Waals surface area contributed by atoms with E-state index in [-0.39, 0.29) is 0 Å². The Bertz CT molecular complexity index is 3940. The van der Waals surface area contributed by atoms with Crippen LogP contribution in [-0.2, 0) is 0 Å². The van der Waals surface area contributed by atoms with Crippen LogP contribution in [0.25, 0.3) is 105 Å². The van der Waals surface area contributed by atoms with Crippen molar-refractivity contribution in [2.75, 3.05) is 4.90 Å². The van der Waals surface area contributed by atoms with Crippen molar-refractivity contribution < 1.29 is 4.42 Å². The van der Waals surface area contributed by atoms with Crippen molar-refractivity contribution in [3.8, 4) is 50.2 Å². The van der Waals surface area contributed by atoms with Gasteiger partial charge in [0.25, 0.3) is 0 Å². The summed E-state index contributed by atoms with van der Waals surface area (Å²) >= 11 is 0. The smallest absolute Gasteiger partial charge is 0.143 e. The molecule has 0 amide bonds. The second kappa shape index (κ2) is 16.0. The number of furan rings is 1. The first-order valence-electron chi connectivity index (χ1n) is 22.9. The zero-order valence-electron chi connectivity index (χ0n) is 36.6. The third kappa shape index (κ3) is 6.67. The van der Waals surface area contributed by atoms with Crippen LogP contribution in [0.2, 0.25) is 0 Å². The minimum absolute atomic E-state index is 0.901. The Morgan fingerprint density at radius 3 is 1.52 bits per heavy atom. The van der Waals surface area contributed by atoms with Gasteiger partial charge in [0, 0.05) is 55.2 Å². The summed E-state index contributed by atoms with van der Waals surface area (Å²) in [5, 5.41) is 7.24. The zero-order chi connectivity index (χ0) is 44.3. The predicted molar refractivity (Wildman–Crippen MR) is 282 cm³/mol. The van der Waals surface area contributed by atoms with Crippen molar-refractivity contribution in [2.45, 2.75) is 0 Å². The minimum atomic E-state index is 0.901. The molecular formula is C64H42N2O. The fraction of sp³-hybridized carbons (Fsp3) is 0. The van der Waals surface area contributed by atoms with Gasteiger partial charge in [-0.1, -0.05) is 188 Å². The average Bonchev–Trinajstić information content (AvgIpc) is 3.96. The Morgan fingerprint density at radius 1 is 0.313 bits per heavy atom. The maximum Gasteiger partial charge on any atom is 0.143 e. The summed E-state index contributed by atoms with van der Waals surface area (Å²) in [5.41, 5.74) is 17.9. The van der Waals surface area contributed by atoms with Gasteiger partial charge < -0.3 is 13.9 Å². The standard InChI is InChI=1S/C64H42N2O/c1-3-13-43(14-4-1)48-16-11-17-49(41-48)44-25-33-52(34-26-44)65(54-37-29-47(30-38-54)56-22-12-23-60-58-21-9-10-24-62(58)67-64(56)60)53-35-27-45(28-36-53)50-32-39-57-59-40-31-46-15-7-8-20-55(46)63(59)66(61(57)42-50)51-18-5-2-6-19-51/h1-42H. The highest BCUT2D eigenvalue weighted by molar-refractivity contribution is 6.19. The lowest BCUT2D eigenvalue weighted by Crippen LogP contribution is -2.09. The van der Waals surface area contributed by atoms with Gasteiger partial charge in [0.2, 0.25) is 0 Å². The number of para-hydroxylation sites is 3. The molecule has 2 heterocycles. The van der Waals surface area contributed by atoms with Crippen LogP contribution in [0.15, 0.2) is 259 Å². The molecule has 0 spiro atoms. The van der Waals surface area contributed by atoms with Crippen LogP contribution < -0.4 is 4.90 Å². The quantitative estimate of drug-likeness (QED) is 0.152. The van der Waals surface area contributed by atoms with E-state index in [1.165, 1.54) is 60.4 Å². The van der Waals surface area contributed by atoms with Gasteiger partial charge in [0.1, 0.15) is 11.2 Å². The molecule has 0 radical (unpaired) electrons. The molecule has 3 nitrogen and oxygen atoms in total. The summed E-state index contributed by atoms with van der Waals surface area (Å²) in [6.45, 7) is 0. The van der Waals surface area contributed by atoms with Gasteiger partial charge in [0.15, 0.2) is 0 Å². The maximum absolute atomic E-state index is 6.46. The van der Waals surface area contributed by atoms with Crippen LogP contribution in [0.4, 0.5) is 17.1 Å². The lowest BCUT2D eigenvalue weighted by Gasteiger charge is -2.26. The minimum Gasteiger partial charge on any atom is -0.455 e. The Balaban J connectivity index is 0.901. The monoisotopic (exact) mass is 854 g/mol. The first kappa shape index (κ1) is 38.5. The molecule has 0 saturated heterocycles. The molecule has 0 atom stereocenters. The summed E-state index contributed by atoms with van der Waals surface area (Å²) in [7, 11) is 0. The molecule has 314 valence electrons. The van der Waals surface area contributed by atoms with Crippen molar-refractivity contribution in [1.29, 1.82) is 0 Å². The molecule has 2 aromatic heterocycles. The van der Waals surface area contributed by atoms with E-state index in [0.29, 0.717) is 0 Å². The van der Waals surface area contributed by atoms with E-state index in [0.717, 1.165) is 61.4 Å². The highest BCUT2D eigenvalue weighted by Crippen LogP contribution is 2.42. The van der Waals surface area contributed by atoms with Crippen LogP contribution in [0.3, 0.4) is 0 Å². The van der Waals surface area contributed by atoms with E-state index in [2.05, 4.69) is 252 Å². The maximum atomic E-state index is 6.46. The van der Waals surface area contributed by atoms with E-state index >= 15 is 0 Å². The molecule has 0 fully saturated rings. The molecule has 13 rings (SSSR count). The van der Waals surface area contributed by atoms with E-state index in [4.69, 9.17) is 4.42 Å². The molecule has 0 N–H and O–H groups in total. The fourth-order valence-electron chi connectivity index (χ4n) is 10.1. The van der Waals surface area contributed by atoms with E-state index < -0.39 is 0 Å². The topological polar surface area (TPSA) is 21.3 Å². The fourth-order valence-corrected chi connectivity index (χ4v) is 10.1. The predicted octanol–water partition coefficient (Wildman–Crippen LogP) is 18.0. The summed E-state index contributed by atoms with van der Waals surface area (Å²) in [5.74, 6) is 0. The van der Waals surface area contributed by atoms with Crippen LogP contribution in [0.1, 0.15) is 0 Å². The van der Waals surface area contributed by atoms with E-state index in [1.54, 1.807) is 0 Å². The number of rotatable bonds is 8. The molecule has 3 heteroatoms. The third-order valence-electron chi connectivity index (χ3n) is 13.4. The first-order valence-corrected chi connectivity index (χ1v) is 22.9. The average molecular weight is 855 g/mol. The Morgan fingerprint density at radius 2 is 0.821 bits per heavy atom. The zero-order valence-corrected chi connectivity index (χ0v) is 36.6. The van der Waals surface area contributed by atoms with Crippen LogP contribution in [-0.4, -0.2) is 4.57 Å². The molecule has 0 saturated carbocycles. The molecular weight excluding hydrogens is 813 g/mol.